The molecule has 0 aliphatic carbocycles. The van der Waals surface area contributed by atoms with Crippen LogP contribution < -0.4 is 4.74 Å². The Morgan fingerprint density at radius 2 is 1.72 bits per heavy atom. The van der Waals surface area contributed by atoms with Crippen molar-refractivity contribution < 1.29 is 4.74 Å². The second-order valence-corrected chi connectivity index (χ2v) is 7.98. The molecule has 0 spiro atoms. The van der Waals surface area contributed by atoms with E-state index in [0.717, 1.165) is 39.3 Å². The van der Waals surface area contributed by atoms with Gasteiger partial charge in [-0.1, -0.05) is 45.9 Å². The van der Waals surface area contributed by atoms with E-state index in [1.165, 1.54) is 5.69 Å². The molecule has 0 fully saturated rings. The van der Waals surface area contributed by atoms with Crippen LogP contribution in [0.4, 0.5) is 0 Å². The molecule has 1 aromatic carbocycles. The number of hydrogen-bond donors (Lipinski definition) is 0. The molecule has 4 nitrogen and oxygen atoms in total. The van der Waals surface area contributed by atoms with Gasteiger partial charge in [0.05, 0.1) is 7.11 Å². The Hall–Kier alpha value is -3.14. The Balaban J connectivity index is 1.92. The highest BCUT2D eigenvalue weighted by atomic mass is 16.5. The zero-order valence-electron chi connectivity index (χ0n) is 17.7. The zero-order chi connectivity index (χ0) is 20.5. The molecule has 0 atom stereocenters. The quantitative estimate of drug-likeness (QED) is 0.402. The maximum atomic E-state index is 5.88. The van der Waals surface area contributed by atoms with E-state index >= 15 is 0 Å². The number of rotatable bonds is 5. The molecule has 0 unspecified atom stereocenters. The van der Waals surface area contributed by atoms with Crippen LogP contribution in [-0.4, -0.2) is 21.6 Å². The normalized spacial score (nSPS) is 11.6. The van der Waals surface area contributed by atoms with Crippen molar-refractivity contribution in [2.45, 2.75) is 39.5 Å². The monoisotopic (exact) mass is 385 g/mol. The fourth-order valence-corrected chi connectivity index (χ4v) is 3.70. The van der Waals surface area contributed by atoms with Crippen LogP contribution in [0.3, 0.4) is 0 Å². The zero-order valence-corrected chi connectivity index (χ0v) is 17.7. The molecule has 0 saturated heterocycles. The average molecular weight is 386 g/mol. The first-order chi connectivity index (χ1) is 14.0. The lowest BCUT2D eigenvalue weighted by Crippen LogP contribution is -2.01. The molecule has 0 bridgehead atoms. The molecule has 148 valence electrons. The lowest BCUT2D eigenvalue weighted by Gasteiger charge is -2.12. The van der Waals surface area contributed by atoms with Crippen LogP contribution in [0.5, 0.6) is 5.75 Å². The third-order valence-electron chi connectivity index (χ3n) is 5.28. The number of hydrogen-bond acceptors (Lipinski definition) is 3. The van der Waals surface area contributed by atoms with Crippen LogP contribution in [0, 0.1) is 0 Å². The van der Waals surface area contributed by atoms with Crippen molar-refractivity contribution in [1.29, 1.82) is 0 Å². The predicted molar refractivity (Wildman–Crippen MR) is 119 cm³/mol. The summed E-state index contributed by atoms with van der Waals surface area (Å²) in [6.45, 7) is 8.72. The number of methoxy groups -OCH3 is 1. The molecule has 29 heavy (non-hydrogen) atoms. The minimum absolute atomic E-state index is 0.364. The van der Waals surface area contributed by atoms with Gasteiger partial charge >= 0.3 is 0 Å². The number of ether oxygens (including phenoxy) is 1. The molecule has 0 aliphatic rings. The molecule has 4 rings (SSSR count). The van der Waals surface area contributed by atoms with Crippen LogP contribution in [-0.2, 0) is 0 Å². The van der Waals surface area contributed by atoms with Gasteiger partial charge in [0.25, 0.3) is 0 Å². The number of benzene rings is 1. The highest BCUT2D eigenvalue weighted by Crippen LogP contribution is 2.38. The van der Waals surface area contributed by atoms with Crippen molar-refractivity contribution in [3.05, 3.63) is 72.3 Å². The van der Waals surface area contributed by atoms with Crippen molar-refractivity contribution >= 4 is 10.9 Å². The summed E-state index contributed by atoms with van der Waals surface area (Å²) in [6, 6.07) is 16.7. The summed E-state index contributed by atoms with van der Waals surface area (Å²) in [6.07, 6.45) is 3.97. The smallest absolute Gasteiger partial charge is 0.152 e. The van der Waals surface area contributed by atoms with Crippen molar-refractivity contribution in [3.8, 4) is 22.7 Å². The minimum Gasteiger partial charge on any atom is -0.494 e. The van der Waals surface area contributed by atoms with E-state index in [1.54, 1.807) is 7.11 Å². The number of pyridine rings is 2. The van der Waals surface area contributed by atoms with Crippen molar-refractivity contribution in [3.63, 3.8) is 0 Å². The van der Waals surface area contributed by atoms with E-state index in [0.29, 0.717) is 11.8 Å². The van der Waals surface area contributed by atoms with Crippen LogP contribution in [0.25, 0.3) is 27.8 Å². The molecule has 0 aliphatic heterocycles. The molecular weight excluding hydrogens is 358 g/mol. The van der Waals surface area contributed by atoms with Gasteiger partial charge in [0.1, 0.15) is 11.3 Å². The molecule has 0 N–H and O–H groups in total. The van der Waals surface area contributed by atoms with Gasteiger partial charge in [-0.05, 0) is 42.2 Å². The van der Waals surface area contributed by atoms with Gasteiger partial charge in [-0.2, -0.15) is 0 Å². The maximum Gasteiger partial charge on any atom is 0.152 e. The van der Waals surface area contributed by atoms with Gasteiger partial charge in [0.15, 0.2) is 5.75 Å². The Morgan fingerprint density at radius 1 is 0.931 bits per heavy atom. The Kier molecular flexibility index (Phi) is 5.10. The molecule has 0 saturated carbocycles. The predicted octanol–water partition coefficient (Wildman–Crippen LogP) is 6.34. The first kappa shape index (κ1) is 19.2. The molecular formula is C25H27N3O. The van der Waals surface area contributed by atoms with E-state index in [4.69, 9.17) is 9.72 Å². The van der Waals surface area contributed by atoms with E-state index in [-0.39, 0.29) is 0 Å². The Morgan fingerprint density at radius 3 is 2.38 bits per heavy atom. The summed E-state index contributed by atoms with van der Waals surface area (Å²) in [5.74, 6) is 2.47. The summed E-state index contributed by atoms with van der Waals surface area (Å²) >= 11 is 0. The van der Waals surface area contributed by atoms with Crippen molar-refractivity contribution in [1.82, 2.24) is 14.5 Å². The molecule has 3 heterocycles. The van der Waals surface area contributed by atoms with Gasteiger partial charge in [0.2, 0.25) is 0 Å². The maximum absolute atomic E-state index is 5.88. The second-order valence-electron chi connectivity index (χ2n) is 7.98. The SMILES string of the molecule is COc1c(-c2cc(C(C)C)n(-c3ccccn3)c2)ccc2ccc(C(C)C)nc12. The lowest BCUT2D eigenvalue weighted by molar-refractivity contribution is 0.420. The molecule has 4 aromatic rings. The fraction of sp³-hybridized carbons (Fsp3) is 0.280. The highest BCUT2D eigenvalue weighted by Gasteiger charge is 2.18. The highest BCUT2D eigenvalue weighted by molar-refractivity contribution is 5.92. The topological polar surface area (TPSA) is 39.9 Å². The van der Waals surface area contributed by atoms with Gasteiger partial charge < -0.3 is 9.30 Å². The van der Waals surface area contributed by atoms with Crippen LogP contribution in [0.2, 0.25) is 0 Å². The van der Waals surface area contributed by atoms with Crippen molar-refractivity contribution in [2.75, 3.05) is 7.11 Å². The third-order valence-corrected chi connectivity index (χ3v) is 5.28. The van der Waals surface area contributed by atoms with E-state index in [9.17, 15) is 0 Å². The van der Waals surface area contributed by atoms with Gasteiger partial charge in [-0.25, -0.2) is 9.97 Å². The minimum atomic E-state index is 0.364. The summed E-state index contributed by atoms with van der Waals surface area (Å²) in [5, 5.41) is 1.09. The molecule has 0 radical (unpaired) electrons. The van der Waals surface area contributed by atoms with Crippen LogP contribution in [0.15, 0.2) is 60.9 Å². The second kappa shape index (κ2) is 7.70. The van der Waals surface area contributed by atoms with Gasteiger partial charge in [0, 0.05) is 40.3 Å². The standard InChI is InChI=1S/C25H27N3O/c1-16(2)21-12-10-18-9-11-20(25(29-5)24(18)27-21)19-14-22(17(3)4)28(15-19)23-8-6-7-13-26-23/h6-17H,1-5H3. The van der Waals surface area contributed by atoms with Crippen LogP contribution >= 0.6 is 0 Å². The first-order valence-corrected chi connectivity index (χ1v) is 10.1. The summed E-state index contributed by atoms with van der Waals surface area (Å²) < 4.78 is 8.04. The number of fused-ring (bicyclic) bond motifs is 1. The Labute approximate surface area is 172 Å². The largest absolute Gasteiger partial charge is 0.494 e. The Bertz CT molecular complexity index is 1140. The van der Waals surface area contributed by atoms with Gasteiger partial charge in [-0.15, -0.1) is 0 Å². The molecule has 4 heteroatoms. The number of nitrogens with zero attached hydrogens (tertiary/aromatic N) is 3. The summed E-state index contributed by atoms with van der Waals surface area (Å²) in [7, 11) is 1.72. The van der Waals surface area contributed by atoms with Crippen molar-refractivity contribution in [2.24, 2.45) is 0 Å². The molecule has 0 amide bonds. The summed E-state index contributed by atoms with van der Waals surface area (Å²) in [4.78, 5) is 9.45. The third kappa shape index (κ3) is 3.51. The number of aromatic nitrogens is 3. The van der Waals surface area contributed by atoms with Gasteiger partial charge in [-0.3, -0.25) is 0 Å². The summed E-state index contributed by atoms with van der Waals surface area (Å²) in [5.41, 5.74) is 5.35. The fourth-order valence-electron chi connectivity index (χ4n) is 3.70. The van der Waals surface area contributed by atoms with Crippen LogP contribution in [0.1, 0.15) is 50.9 Å². The first-order valence-electron chi connectivity index (χ1n) is 10.1. The van der Waals surface area contributed by atoms with E-state index in [1.807, 2.05) is 24.4 Å². The molecule has 3 aromatic heterocycles. The lowest BCUT2D eigenvalue weighted by atomic mass is 10.0. The van der Waals surface area contributed by atoms with E-state index in [2.05, 4.69) is 73.8 Å². The average Bonchev–Trinajstić information content (AvgIpc) is 3.18. The van der Waals surface area contributed by atoms with E-state index < -0.39 is 0 Å².